The van der Waals surface area contributed by atoms with E-state index in [0.29, 0.717) is 6.42 Å². The number of anilines is 2. The van der Waals surface area contributed by atoms with E-state index >= 15 is 0 Å². The number of hydrogen-bond acceptors (Lipinski definition) is 2. The first-order valence-electron chi connectivity index (χ1n) is 7.91. The lowest BCUT2D eigenvalue weighted by atomic mass is 10.0. The number of rotatable bonds is 5. The monoisotopic (exact) mass is 274 g/mol. The molecule has 0 aromatic heterocycles. The van der Waals surface area contributed by atoms with Crippen molar-refractivity contribution in [2.75, 3.05) is 17.2 Å². The van der Waals surface area contributed by atoms with Crippen LogP contribution in [0.3, 0.4) is 0 Å². The quantitative estimate of drug-likeness (QED) is 0.780. The van der Waals surface area contributed by atoms with Crippen molar-refractivity contribution in [1.29, 1.82) is 0 Å². The van der Waals surface area contributed by atoms with E-state index in [1.807, 2.05) is 25.1 Å². The largest absolute Gasteiger partial charge is 0.385 e. The van der Waals surface area contributed by atoms with Gasteiger partial charge in [-0.15, -0.1) is 0 Å². The maximum absolute atomic E-state index is 11.4. The fraction of sp³-hybridized carbons (Fsp3) is 0.588. The molecular weight excluding hydrogens is 248 g/mol. The zero-order chi connectivity index (χ0) is 14.2. The van der Waals surface area contributed by atoms with Crippen LogP contribution >= 0.6 is 0 Å². The van der Waals surface area contributed by atoms with E-state index in [-0.39, 0.29) is 5.91 Å². The predicted octanol–water partition coefficient (Wildman–Crippen LogP) is 4.42. The highest BCUT2D eigenvalue weighted by molar-refractivity contribution is 5.90. The van der Waals surface area contributed by atoms with Crippen molar-refractivity contribution in [3.63, 3.8) is 0 Å². The van der Waals surface area contributed by atoms with E-state index in [1.165, 1.54) is 38.5 Å². The molecule has 1 aliphatic rings. The lowest BCUT2D eigenvalue weighted by Gasteiger charge is -2.16. The molecule has 1 saturated carbocycles. The summed E-state index contributed by atoms with van der Waals surface area (Å²) >= 11 is 0. The van der Waals surface area contributed by atoms with Crippen LogP contribution in [0.25, 0.3) is 0 Å². The molecule has 3 nitrogen and oxygen atoms in total. The fourth-order valence-electron chi connectivity index (χ4n) is 2.79. The zero-order valence-electron chi connectivity index (χ0n) is 12.5. The summed E-state index contributed by atoms with van der Waals surface area (Å²) in [5, 5.41) is 6.42. The molecule has 1 amide bonds. The average Bonchev–Trinajstić information content (AvgIpc) is 2.74. The summed E-state index contributed by atoms with van der Waals surface area (Å²) in [4.78, 5) is 11.4. The molecule has 1 fully saturated rings. The molecule has 0 aliphatic heterocycles. The summed E-state index contributed by atoms with van der Waals surface area (Å²) in [6.45, 7) is 2.91. The van der Waals surface area contributed by atoms with Gasteiger partial charge in [0.2, 0.25) is 5.91 Å². The number of hydrogen-bond donors (Lipinski definition) is 2. The summed E-state index contributed by atoms with van der Waals surface area (Å²) in [6, 6.07) is 8.01. The normalized spacial score (nSPS) is 16.4. The van der Waals surface area contributed by atoms with E-state index < -0.39 is 0 Å². The third kappa shape index (κ3) is 4.87. The third-order valence-electron chi connectivity index (χ3n) is 4.04. The highest BCUT2D eigenvalue weighted by atomic mass is 16.1. The maximum Gasteiger partial charge on any atom is 0.224 e. The molecule has 0 unspecified atom stereocenters. The molecule has 2 N–H and O–H groups in total. The Morgan fingerprint density at radius 2 is 1.85 bits per heavy atom. The Kier molecular flexibility index (Phi) is 5.90. The van der Waals surface area contributed by atoms with Crippen LogP contribution in [-0.2, 0) is 4.79 Å². The Labute approximate surface area is 122 Å². The number of amides is 1. The van der Waals surface area contributed by atoms with Gasteiger partial charge in [-0.3, -0.25) is 4.79 Å². The van der Waals surface area contributed by atoms with Gasteiger partial charge in [-0.25, -0.2) is 0 Å². The van der Waals surface area contributed by atoms with Crippen molar-refractivity contribution in [1.82, 2.24) is 0 Å². The van der Waals surface area contributed by atoms with Crippen molar-refractivity contribution in [3.05, 3.63) is 24.3 Å². The Balaban J connectivity index is 1.85. The molecule has 2 rings (SSSR count). The van der Waals surface area contributed by atoms with Gasteiger partial charge in [0.25, 0.3) is 0 Å². The summed E-state index contributed by atoms with van der Waals surface area (Å²) in [6.07, 6.45) is 8.75. The maximum atomic E-state index is 11.4. The van der Waals surface area contributed by atoms with Crippen LogP contribution in [0, 0.1) is 5.92 Å². The topological polar surface area (TPSA) is 41.1 Å². The average molecular weight is 274 g/mol. The van der Waals surface area contributed by atoms with Crippen LogP contribution in [0.2, 0.25) is 0 Å². The highest BCUT2D eigenvalue weighted by Gasteiger charge is 2.11. The molecule has 1 aliphatic carbocycles. The minimum atomic E-state index is 0.0610. The van der Waals surface area contributed by atoms with E-state index in [9.17, 15) is 4.79 Å². The van der Waals surface area contributed by atoms with Crippen molar-refractivity contribution in [2.24, 2.45) is 5.92 Å². The van der Waals surface area contributed by atoms with Crippen LogP contribution in [0.5, 0.6) is 0 Å². The van der Waals surface area contributed by atoms with Gasteiger partial charge in [-0.1, -0.05) is 38.7 Å². The second kappa shape index (κ2) is 7.93. The van der Waals surface area contributed by atoms with Crippen LogP contribution in [-0.4, -0.2) is 12.5 Å². The van der Waals surface area contributed by atoms with Gasteiger partial charge in [0.05, 0.1) is 0 Å². The Morgan fingerprint density at radius 1 is 1.15 bits per heavy atom. The van der Waals surface area contributed by atoms with Crippen molar-refractivity contribution in [2.45, 2.75) is 51.9 Å². The second-order valence-electron chi connectivity index (χ2n) is 5.72. The number of nitrogens with one attached hydrogen (secondary N) is 2. The van der Waals surface area contributed by atoms with E-state index in [0.717, 1.165) is 23.8 Å². The third-order valence-corrected chi connectivity index (χ3v) is 4.04. The smallest absolute Gasteiger partial charge is 0.224 e. The van der Waals surface area contributed by atoms with E-state index in [2.05, 4.69) is 16.7 Å². The Hall–Kier alpha value is -1.51. The lowest BCUT2D eigenvalue weighted by Crippen LogP contribution is -2.14. The van der Waals surface area contributed by atoms with Gasteiger partial charge in [0.15, 0.2) is 0 Å². The summed E-state index contributed by atoms with van der Waals surface area (Å²) in [5.41, 5.74) is 1.98. The molecule has 0 heterocycles. The van der Waals surface area contributed by atoms with Crippen LogP contribution < -0.4 is 10.6 Å². The molecule has 20 heavy (non-hydrogen) atoms. The standard InChI is InChI=1S/C17H26N2O/c1-2-17(20)19-16-11-7-10-15(12-16)18-13-14-8-5-3-4-6-9-14/h7,10-12,14,18H,2-6,8-9,13H2,1H3,(H,19,20). The van der Waals surface area contributed by atoms with Crippen LogP contribution in [0.15, 0.2) is 24.3 Å². The molecule has 0 radical (unpaired) electrons. The first-order chi connectivity index (χ1) is 9.78. The zero-order valence-corrected chi connectivity index (χ0v) is 12.5. The summed E-state index contributed by atoms with van der Waals surface area (Å²) in [7, 11) is 0. The lowest BCUT2D eigenvalue weighted by molar-refractivity contribution is -0.115. The van der Waals surface area contributed by atoms with Gasteiger partial charge in [-0.2, -0.15) is 0 Å². The minimum Gasteiger partial charge on any atom is -0.385 e. The molecular formula is C17H26N2O. The predicted molar refractivity (Wildman–Crippen MR) is 85.0 cm³/mol. The molecule has 0 bridgehead atoms. The van der Waals surface area contributed by atoms with Gasteiger partial charge >= 0.3 is 0 Å². The Bertz CT molecular complexity index is 423. The van der Waals surface area contributed by atoms with Gasteiger partial charge < -0.3 is 10.6 Å². The first kappa shape index (κ1) is 14.9. The van der Waals surface area contributed by atoms with Crippen LogP contribution in [0.1, 0.15) is 51.9 Å². The minimum absolute atomic E-state index is 0.0610. The Morgan fingerprint density at radius 3 is 2.55 bits per heavy atom. The molecule has 110 valence electrons. The highest BCUT2D eigenvalue weighted by Crippen LogP contribution is 2.24. The van der Waals surface area contributed by atoms with Crippen molar-refractivity contribution >= 4 is 17.3 Å². The summed E-state index contributed by atoms with van der Waals surface area (Å²) < 4.78 is 0. The molecule has 1 aromatic rings. The molecule has 3 heteroatoms. The van der Waals surface area contributed by atoms with Crippen molar-refractivity contribution in [3.8, 4) is 0 Å². The number of carbonyl (C=O) groups excluding carboxylic acids is 1. The van der Waals surface area contributed by atoms with Gasteiger partial charge in [0.1, 0.15) is 0 Å². The van der Waals surface area contributed by atoms with Gasteiger partial charge in [-0.05, 0) is 37.0 Å². The molecule has 0 atom stereocenters. The van der Waals surface area contributed by atoms with E-state index in [4.69, 9.17) is 0 Å². The molecule has 1 aromatic carbocycles. The van der Waals surface area contributed by atoms with E-state index in [1.54, 1.807) is 0 Å². The number of carbonyl (C=O) groups is 1. The molecule has 0 spiro atoms. The summed E-state index contributed by atoms with van der Waals surface area (Å²) in [5.74, 6) is 0.859. The number of benzene rings is 1. The second-order valence-corrected chi connectivity index (χ2v) is 5.72. The molecule has 0 saturated heterocycles. The first-order valence-corrected chi connectivity index (χ1v) is 7.91. The van der Waals surface area contributed by atoms with Crippen LogP contribution in [0.4, 0.5) is 11.4 Å². The van der Waals surface area contributed by atoms with Gasteiger partial charge in [0, 0.05) is 24.3 Å². The SMILES string of the molecule is CCC(=O)Nc1cccc(NCC2CCCCCC2)c1. The fourth-order valence-corrected chi connectivity index (χ4v) is 2.79. The van der Waals surface area contributed by atoms with Crippen molar-refractivity contribution < 1.29 is 4.79 Å².